The summed E-state index contributed by atoms with van der Waals surface area (Å²) in [6, 6.07) is 0. The molecule has 3 nitrogen and oxygen atoms in total. The number of rotatable bonds is 2. The smallest absolute Gasteiger partial charge is 0.346 e. The van der Waals surface area contributed by atoms with E-state index < -0.39 is 5.97 Å². The van der Waals surface area contributed by atoms with Gasteiger partial charge in [0, 0.05) is 16.6 Å². The maximum atomic E-state index is 10.5. The Morgan fingerprint density at radius 3 is 2.82 bits per heavy atom. The van der Waals surface area contributed by atoms with Gasteiger partial charge in [0.15, 0.2) is 0 Å². The van der Waals surface area contributed by atoms with Gasteiger partial charge in [-0.1, -0.05) is 6.92 Å². The average Bonchev–Trinajstić information content (AvgIpc) is 2.30. The Kier molecular flexibility index (Phi) is 2.14. The molecule has 0 amide bonds. The molecule has 0 aromatic carbocycles. The molecule has 0 aliphatic heterocycles. The summed E-state index contributed by atoms with van der Waals surface area (Å²) in [5.41, 5.74) is 6.88. The van der Waals surface area contributed by atoms with E-state index in [0.29, 0.717) is 17.0 Å². The van der Waals surface area contributed by atoms with E-state index >= 15 is 0 Å². The van der Waals surface area contributed by atoms with Gasteiger partial charge in [-0.2, -0.15) is 0 Å². The van der Waals surface area contributed by atoms with E-state index in [1.54, 1.807) is 5.38 Å². The summed E-state index contributed by atoms with van der Waals surface area (Å²) in [5.74, 6) is -0.886. The molecule has 1 aromatic rings. The molecule has 0 saturated heterocycles. The number of hydrogen-bond donors (Lipinski definition) is 2. The van der Waals surface area contributed by atoms with Gasteiger partial charge in [0.25, 0.3) is 0 Å². The van der Waals surface area contributed by atoms with Crippen LogP contribution in [0.3, 0.4) is 0 Å². The third-order valence-corrected chi connectivity index (χ3v) is 2.50. The fraction of sp³-hybridized carbons (Fsp3) is 0.286. The van der Waals surface area contributed by atoms with Crippen LogP contribution in [-0.4, -0.2) is 11.1 Å². The van der Waals surface area contributed by atoms with Gasteiger partial charge < -0.3 is 10.8 Å². The lowest BCUT2D eigenvalue weighted by atomic mass is 10.2. The Hall–Kier alpha value is -1.03. The molecule has 0 bridgehead atoms. The van der Waals surface area contributed by atoms with Crippen molar-refractivity contribution in [3.05, 3.63) is 15.8 Å². The van der Waals surface area contributed by atoms with Gasteiger partial charge in [0.2, 0.25) is 0 Å². The second kappa shape index (κ2) is 2.92. The lowest BCUT2D eigenvalue weighted by Gasteiger charge is -1.95. The highest BCUT2D eigenvalue weighted by Crippen LogP contribution is 2.24. The Morgan fingerprint density at radius 1 is 1.82 bits per heavy atom. The van der Waals surface area contributed by atoms with Crippen LogP contribution in [0.2, 0.25) is 0 Å². The van der Waals surface area contributed by atoms with Gasteiger partial charge in [0.1, 0.15) is 4.88 Å². The first kappa shape index (κ1) is 8.07. The van der Waals surface area contributed by atoms with Crippen molar-refractivity contribution in [2.75, 3.05) is 5.73 Å². The van der Waals surface area contributed by atoms with Crippen LogP contribution in [0.15, 0.2) is 5.38 Å². The Morgan fingerprint density at radius 2 is 2.45 bits per heavy atom. The molecule has 3 N–H and O–H groups in total. The molecule has 1 rings (SSSR count). The van der Waals surface area contributed by atoms with Gasteiger partial charge in [0.05, 0.1) is 0 Å². The van der Waals surface area contributed by atoms with Crippen LogP contribution in [-0.2, 0) is 6.42 Å². The molecule has 0 aliphatic rings. The number of nitrogens with two attached hydrogens (primary N) is 1. The summed E-state index contributed by atoms with van der Waals surface area (Å²) < 4.78 is 0. The molecule has 0 atom stereocenters. The fourth-order valence-electron chi connectivity index (χ4n) is 0.940. The lowest BCUT2D eigenvalue weighted by Crippen LogP contribution is -1.98. The quantitative estimate of drug-likeness (QED) is 0.710. The van der Waals surface area contributed by atoms with E-state index in [9.17, 15) is 4.79 Å². The summed E-state index contributed by atoms with van der Waals surface area (Å²) in [4.78, 5) is 10.9. The van der Waals surface area contributed by atoms with Crippen LogP contribution in [0.25, 0.3) is 0 Å². The van der Waals surface area contributed by atoms with E-state index in [0.717, 1.165) is 5.56 Å². The van der Waals surface area contributed by atoms with Crippen molar-refractivity contribution in [1.82, 2.24) is 0 Å². The second-order valence-electron chi connectivity index (χ2n) is 2.16. The topological polar surface area (TPSA) is 63.3 Å². The molecule has 1 aromatic heterocycles. The van der Waals surface area contributed by atoms with Crippen LogP contribution in [0.5, 0.6) is 0 Å². The van der Waals surface area contributed by atoms with Gasteiger partial charge in [-0.25, -0.2) is 4.79 Å². The molecule has 0 unspecified atom stereocenters. The Balaban J connectivity index is 3.15. The SMILES string of the molecule is CCc1c(N)csc1C(=O)O. The first-order chi connectivity index (χ1) is 5.16. The molecule has 0 spiro atoms. The third kappa shape index (κ3) is 1.35. The fourth-order valence-corrected chi connectivity index (χ4v) is 1.83. The summed E-state index contributed by atoms with van der Waals surface area (Å²) >= 11 is 1.18. The molecule has 1 heterocycles. The molecule has 0 aliphatic carbocycles. The Labute approximate surface area is 68.5 Å². The van der Waals surface area contributed by atoms with E-state index in [-0.39, 0.29) is 0 Å². The van der Waals surface area contributed by atoms with E-state index in [1.807, 2.05) is 6.92 Å². The van der Waals surface area contributed by atoms with E-state index in [4.69, 9.17) is 10.8 Å². The van der Waals surface area contributed by atoms with Gasteiger partial charge in [-0.3, -0.25) is 0 Å². The highest BCUT2D eigenvalue weighted by atomic mass is 32.1. The van der Waals surface area contributed by atoms with Crippen molar-refractivity contribution in [1.29, 1.82) is 0 Å². The molecule has 0 radical (unpaired) electrons. The largest absolute Gasteiger partial charge is 0.477 e. The van der Waals surface area contributed by atoms with E-state index in [2.05, 4.69) is 0 Å². The van der Waals surface area contributed by atoms with Crippen LogP contribution < -0.4 is 5.73 Å². The second-order valence-corrected chi connectivity index (χ2v) is 3.04. The molecular formula is C7H9NO2S. The molecule has 0 fully saturated rings. The standard InChI is InChI=1S/C7H9NO2S/c1-2-4-5(8)3-11-6(4)7(9)10/h3H,2,8H2,1H3,(H,9,10). The normalized spacial score (nSPS) is 9.91. The zero-order chi connectivity index (χ0) is 8.43. The average molecular weight is 171 g/mol. The maximum absolute atomic E-state index is 10.5. The minimum Gasteiger partial charge on any atom is -0.477 e. The maximum Gasteiger partial charge on any atom is 0.346 e. The molecule has 0 saturated carbocycles. The number of thiophene rings is 1. The number of carbonyl (C=O) groups is 1. The molecule has 4 heteroatoms. The molecular weight excluding hydrogens is 162 g/mol. The van der Waals surface area contributed by atoms with Crippen molar-refractivity contribution in [3.8, 4) is 0 Å². The summed E-state index contributed by atoms with van der Waals surface area (Å²) in [6.45, 7) is 1.89. The first-order valence-electron chi connectivity index (χ1n) is 3.26. The van der Waals surface area contributed by atoms with Crippen molar-refractivity contribution < 1.29 is 9.90 Å². The van der Waals surface area contributed by atoms with Crippen molar-refractivity contribution in [2.24, 2.45) is 0 Å². The van der Waals surface area contributed by atoms with Crippen LogP contribution >= 0.6 is 11.3 Å². The van der Waals surface area contributed by atoms with Crippen molar-refractivity contribution in [2.45, 2.75) is 13.3 Å². The molecule has 60 valence electrons. The zero-order valence-corrected chi connectivity index (χ0v) is 6.94. The zero-order valence-electron chi connectivity index (χ0n) is 6.13. The van der Waals surface area contributed by atoms with E-state index in [1.165, 1.54) is 11.3 Å². The van der Waals surface area contributed by atoms with Gasteiger partial charge in [-0.15, -0.1) is 11.3 Å². The number of anilines is 1. The predicted molar refractivity (Wildman–Crippen MR) is 45.1 cm³/mol. The minimum atomic E-state index is -0.886. The summed E-state index contributed by atoms with van der Waals surface area (Å²) in [7, 11) is 0. The highest BCUT2D eigenvalue weighted by molar-refractivity contribution is 7.12. The van der Waals surface area contributed by atoms with Crippen molar-refractivity contribution in [3.63, 3.8) is 0 Å². The van der Waals surface area contributed by atoms with Crippen LogP contribution in [0.1, 0.15) is 22.2 Å². The van der Waals surface area contributed by atoms with Crippen LogP contribution in [0.4, 0.5) is 5.69 Å². The summed E-state index contributed by atoms with van der Waals surface area (Å²) in [5, 5.41) is 10.3. The lowest BCUT2D eigenvalue weighted by molar-refractivity contribution is 0.0701. The first-order valence-corrected chi connectivity index (χ1v) is 4.14. The summed E-state index contributed by atoms with van der Waals surface area (Å²) in [6.07, 6.45) is 0.678. The monoisotopic (exact) mass is 171 g/mol. The number of hydrogen-bond acceptors (Lipinski definition) is 3. The Bertz CT molecular complexity index is 280. The number of carboxylic acid groups (broad SMARTS) is 1. The number of nitrogen functional groups attached to an aromatic ring is 1. The van der Waals surface area contributed by atoms with Gasteiger partial charge >= 0.3 is 5.97 Å². The highest BCUT2D eigenvalue weighted by Gasteiger charge is 2.13. The third-order valence-electron chi connectivity index (χ3n) is 1.47. The number of carboxylic acids is 1. The predicted octanol–water partition coefficient (Wildman–Crippen LogP) is 1.59. The van der Waals surface area contributed by atoms with Crippen LogP contribution in [0, 0.1) is 0 Å². The minimum absolute atomic E-state index is 0.366. The van der Waals surface area contributed by atoms with Crippen molar-refractivity contribution >= 4 is 23.0 Å². The molecule has 11 heavy (non-hydrogen) atoms. The van der Waals surface area contributed by atoms with Gasteiger partial charge in [-0.05, 0) is 6.42 Å². The number of aromatic carboxylic acids is 1.